The molecule has 2 aliphatic carbocycles. The van der Waals surface area contributed by atoms with E-state index in [0.29, 0.717) is 6.04 Å². The number of aromatic nitrogens is 2. The highest BCUT2D eigenvalue weighted by Gasteiger charge is 2.44. The van der Waals surface area contributed by atoms with Gasteiger partial charge in [0, 0.05) is 18.2 Å². The number of hydrogen-bond donors (Lipinski definition) is 1. The lowest BCUT2D eigenvalue weighted by molar-refractivity contribution is 0.0633. The summed E-state index contributed by atoms with van der Waals surface area (Å²) in [6.45, 7) is 0.970. The summed E-state index contributed by atoms with van der Waals surface area (Å²) in [6, 6.07) is 6.31. The van der Waals surface area contributed by atoms with E-state index in [1.165, 1.54) is 32.1 Å². The number of nitrogens with zero attached hydrogens (tertiary/aromatic N) is 2. The van der Waals surface area contributed by atoms with Crippen molar-refractivity contribution in [3.8, 4) is 0 Å². The zero-order chi connectivity index (χ0) is 14.7. The lowest BCUT2D eigenvalue weighted by Gasteiger charge is -2.39. The molecule has 22 heavy (non-hydrogen) atoms. The second-order valence-electron chi connectivity index (χ2n) is 7.52. The first-order valence-electron chi connectivity index (χ1n) is 8.50. The number of rotatable bonds is 1. The van der Waals surface area contributed by atoms with Crippen LogP contribution in [0.1, 0.15) is 42.5 Å². The molecule has 1 N–H and O–H groups in total. The molecule has 4 nitrogen and oxygen atoms in total. The molecule has 2 aromatic rings. The van der Waals surface area contributed by atoms with Gasteiger partial charge in [-0.1, -0.05) is 0 Å². The van der Waals surface area contributed by atoms with Gasteiger partial charge >= 0.3 is 0 Å². The Balaban J connectivity index is 1.49. The molecular formula is C18H21N3O. The van der Waals surface area contributed by atoms with Crippen LogP contribution in [0.15, 0.2) is 24.5 Å². The fourth-order valence-electron chi connectivity index (χ4n) is 5.27. The van der Waals surface area contributed by atoms with Gasteiger partial charge in [-0.3, -0.25) is 4.79 Å². The van der Waals surface area contributed by atoms with Crippen LogP contribution in [-0.2, 0) is 0 Å². The Labute approximate surface area is 129 Å². The SMILES string of the molecule is O=C(c1ccc2nc[nH]c2c1)N1CC2CC3CC(C2)CC1C3. The summed E-state index contributed by atoms with van der Waals surface area (Å²) in [6.07, 6.45) is 8.24. The Morgan fingerprint density at radius 3 is 2.68 bits per heavy atom. The topological polar surface area (TPSA) is 49.0 Å². The Bertz CT molecular complexity index is 723. The van der Waals surface area contributed by atoms with E-state index in [1.807, 2.05) is 18.2 Å². The standard InChI is InChI=1S/C18H21N3O/c22-18(14-1-2-16-17(8-14)20-10-19-16)21-9-13-4-11-3-12(5-13)7-15(21)6-11/h1-2,8,10-13,15H,3-7,9H2,(H,19,20). The van der Waals surface area contributed by atoms with Crippen LogP contribution in [0.5, 0.6) is 0 Å². The molecule has 1 amide bonds. The molecule has 4 aliphatic rings. The zero-order valence-electron chi connectivity index (χ0n) is 12.7. The zero-order valence-corrected chi connectivity index (χ0v) is 12.7. The summed E-state index contributed by atoms with van der Waals surface area (Å²) >= 11 is 0. The number of imidazole rings is 1. The maximum absolute atomic E-state index is 13.1. The first-order chi connectivity index (χ1) is 10.8. The van der Waals surface area contributed by atoms with Crippen molar-refractivity contribution in [3.05, 3.63) is 30.1 Å². The highest BCUT2D eigenvalue weighted by Crippen LogP contribution is 2.47. The molecule has 1 aromatic heterocycles. The van der Waals surface area contributed by atoms with Gasteiger partial charge in [-0.15, -0.1) is 0 Å². The molecule has 2 atom stereocenters. The van der Waals surface area contributed by atoms with Crippen LogP contribution in [0.4, 0.5) is 0 Å². The summed E-state index contributed by atoms with van der Waals surface area (Å²) < 4.78 is 0. The van der Waals surface area contributed by atoms with Gasteiger partial charge in [-0.25, -0.2) is 4.98 Å². The number of fused-ring (bicyclic) bond motifs is 2. The minimum atomic E-state index is 0.217. The van der Waals surface area contributed by atoms with Crippen molar-refractivity contribution in [1.29, 1.82) is 0 Å². The summed E-state index contributed by atoms with van der Waals surface area (Å²) in [7, 11) is 0. The molecule has 4 heteroatoms. The van der Waals surface area contributed by atoms with E-state index in [9.17, 15) is 4.79 Å². The molecule has 0 radical (unpaired) electrons. The van der Waals surface area contributed by atoms with Crippen LogP contribution in [0.3, 0.4) is 0 Å². The fourth-order valence-corrected chi connectivity index (χ4v) is 5.27. The minimum absolute atomic E-state index is 0.217. The van der Waals surface area contributed by atoms with Gasteiger partial charge in [-0.05, 0) is 68.1 Å². The first kappa shape index (κ1) is 12.7. The van der Waals surface area contributed by atoms with Crippen LogP contribution in [0, 0.1) is 17.8 Å². The maximum atomic E-state index is 13.1. The molecule has 6 rings (SSSR count). The van der Waals surface area contributed by atoms with E-state index in [4.69, 9.17) is 0 Å². The average Bonchev–Trinajstić information content (AvgIpc) is 2.89. The number of carbonyl (C=O) groups excluding carboxylic acids is 1. The summed E-state index contributed by atoms with van der Waals surface area (Å²) in [5, 5.41) is 0. The van der Waals surface area contributed by atoms with Gasteiger partial charge in [0.05, 0.1) is 17.4 Å². The minimum Gasteiger partial charge on any atom is -0.345 e. The molecule has 2 saturated heterocycles. The third-order valence-electron chi connectivity index (χ3n) is 6.03. The Morgan fingerprint density at radius 2 is 1.86 bits per heavy atom. The van der Waals surface area contributed by atoms with Gasteiger partial charge in [-0.2, -0.15) is 0 Å². The highest BCUT2D eigenvalue weighted by atomic mass is 16.2. The molecule has 2 unspecified atom stereocenters. The molecule has 4 fully saturated rings. The number of amides is 1. The van der Waals surface area contributed by atoms with Crippen molar-refractivity contribution in [2.45, 2.75) is 38.1 Å². The van der Waals surface area contributed by atoms with Crippen molar-refractivity contribution in [1.82, 2.24) is 14.9 Å². The molecule has 3 heterocycles. The average molecular weight is 295 g/mol. The molecule has 0 spiro atoms. The second kappa shape index (κ2) is 4.58. The van der Waals surface area contributed by atoms with E-state index >= 15 is 0 Å². The van der Waals surface area contributed by atoms with Crippen molar-refractivity contribution in [3.63, 3.8) is 0 Å². The molecule has 114 valence electrons. The first-order valence-corrected chi connectivity index (χ1v) is 8.50. The lowest BCUT2D eigenvalue weighted by Crippen LogP contribution is -2.42. The molecule has 1 aromatic carbocycles. The van der Waals surface area contributed by atoms with Crippen molar-refractivity contribution in [2.75, 3.05) is 6.54 Å². The molecule has 4 bridgehead atoms. The monoisotopic (exact) mass is 295 g/mol. The van der Waals surface area contributed by atoms with E-state index < -0.39 is 0 Å². The molecular weight excluding hydrogens is 274 g/mol. The van der Waals surface area contributed by atoms with Gasteiger partial charge in [0.15, 0.2) is 0 Å². The third kappa shape index (κ3) is 1.89. The summed E-state index contributed by atoms with van der Waals surface area (Å²) in [5.74, 6) is 2.69. The lowest BCUT2D eigenvalue weighted by atomic mass is 9.68. The van der Waals surface area contributed by atoms with Crippen molar-refractivity contribution in [2.24, 2.45) is 17.8 Å². The molecule has 2 saturated carbocycles. The second-order valence-corrected chi connectivity index (χ2v) is 7.52. The van der Waals surface area contributed by atoms with Gasteiger partial charge in [0.25, 0.3) is 5.91 Å². The Morgan fingerprint density at radius 1 is 1.09 bits per heavy atom. The summed E-state index contributed by atoms with van der Waals surface area (Å²) in [4.78, 5) is 22.6. The van der Waals surface area contributed by atoms with Crippen LogP contribution >= 0.6 is 0 Å². The van der Waals surface area contributed by atoms with Crippen LogP contribution < -0.4 is 0 Å². The largest absolute Gasteiger partial charge is 0.345 e. The maximum Gasteiger partial charge on any atom is 0.254 e. The van der Waals surface area contributed by atoms with E-state index in [2.05, 4.69) is 14.9 Å². The Kier molecular flexibility index (Phi) is 2.64. The van der Waals surface area contributed by atoms with Crippen molar-refractivity contribution >= 4 is 16.9 Å². The van der Waals surface area contributed by atoms with Gasteiger partial charge in [0.2, 0.25) is 0 Å². The number of hydrogen-bond acceptors (Lipinski definition) is 2. The van der Waals surface area contributed by atoms with E-state index in [1.54, 1.807) is 6.33 Å². The third-order valence-corrected chi connectivity index (χ3v) is 6.03. The van der Waals surface area contributed by atoms with Gasteiger partial charge < -0.3 is 9.88 Å². The van der Waals surface area contributed by atoms with E-state index in [-0.39, 0.29) is 5.91 Å². The van der Waals surface area contributed by atoms with Crippen LogP contribution in [-0.4, -0.2) is 33.4 Å². The number of aromatic amines is 1. The molecule has 2 aliphatic heterocycles. The highest BCUT2D eigenvalue weighted by molar-refractivity contribution is 5.97. The quantitative estimate of drug-likeness (QED) is 0.878. The Hall–Kier alpha value is -1.84. The number of H-pyrrole nitrogens is 1. The van der Waals surface area contributed by atoms with E-state index in [0.717, 1.165) is 40.9 Å². The summed E-state index contributed by atoms with van der Waals surface area (Å²) in [5.41, 5.74) is 2.68. The van der Waals surface area contributed by atoms with Crippen molar-refractivity contribution < 1.29 is 4.79 Å². The predicted octanol–water partition coefficient (Wildman–Crippen LogP) is 3.21. The smallest absolute Gasteiger partial charge is 0.254 e. The number of carbonyl (C=O) groups is 1. The normalized spacial score (nSPS) is 33.4. The number of nitrogens with one attached hydrogen (secondary N) is 1. The predicted molar refractivity (Wildman–Crippen MR) is 84.5 cm³/mol. The number of benzene rings is 1. The van der Waals surface area contributed by atoms with Gasteiger partial charge in [0.1, 0.15) is 0 Å². The van der Waals surface area contributed by atoms with Crippen LogP contribution in [0.25, 0.3) is 11.0 Å². The fraction of sp³-hybridized carbons (Fsp3) is 0.556. The van der Waals surface area contributed by atoms with Crippen LogP contribution in [0.2, 0.25) is 0 Å².